The van der Waals surface area contributed by atoms with E-state index in [9.17, 15) is 4.79 Å². The molecule has 1 fully saturated rings. The van der Waals surface area contributed by atoms with E-state index in [1.165, 1.54) is 11.6 Å². The van der Waals surface area contributed by atoms with Gasteiger partial charge in [0.05, 0.1) is 35.6 Å². The lowest BCUT2D eigenvalue weighted by Crippen LogP contribution is -2.57. The largest absolute Gasteiger partial charge is 0.493 e. The normalized spacial score (nSPS) is 18.5. The Morgan fingerprint density at radius 3 is 2.68 bits per heavy atom. The summed E-state index contributed by atoms with van der Waals surface area (Å²) in [5.74, 6) is 0.139. The first-order chi connectivity index (χ1) is 14.7. The molecule has 1 unspecified atom stereocenters. The first kappa shape index (κ1) is 23.7. The number of anilines is 1. The van der Waals surface area contributed by atoms with Crippen LogP contribution < -0.4 is 15.8 Å². The zero-order chi connectivity index (χ0) is 22.6. The predicted molar refractivity (Wildman–Crippen MR) is 125 cm³/mol. The van der Waals surface area contributed by atoms with Gasteiger partial charge in [0.2, 0.25) is 0 Å². The number of hydrogen-bond acceptors (Lipinski definition) is 5. The van der Waals surface area contributed by atoms with Crippen LogP contribution in [0.25, 0.3) is 0 Å². The summed E-state index contributed by atoms with van der Waals surface area (Å²) in [6.45, 7) is 8.99. The molecule has 168 valence electrons. The number of carbonyl (C=O) groups excluding carboxylic acids is 1. The Bertz CT molecular complexity index is 919. The van der Waals surface area contributed by atoms with Gasteiger partial charge in [0.25, 0.3) is 5.91 Å². The van der Waals surface area contributed by atoms with Crippen molar-refractivity contribution >= 4 is 34.8 Å². The molecule has 2 aromatic rings. The van der Waals surface area contributed by atoms with Crippen molar-refractivity contribution in [1.29, 1.82) is 0 Å². The van der Waals surface area contributed by atoms with Crippen LogP contribution in [-0.2, 0) is 11.3 Å². The Morgan fingerprint density at radius 1 is 1.29 bits per heavy atom. The van der Waals surface area contributed by atoms with Crippen molar-refractivity contribution in [1.82, 2.24) is 10.2 Å². The maximum atomic E-state index is 12.8. The maximum Gasteiger partial charge on any atom is 0.255 e. The van der Waals surface area contributed by atoms with Gasteiger partial charge in [-0.2, -0.15) is 0 Å². The predicted octanol–water partition coefficient (Wildman–Crippen LogP) is 4.38. The molecule has 1 amide bonds. The first-order valence-corrected chi connectivity index (χ1v) is 11.1. The van der Waals surface area contributed by atoms with Gasteiger partial charge in [0.1, 0.15) is 5.75 Å². The average Bonchev–Trinajstić information content (AvgIpc) is 2.72. The second kappa shape index (κ2) is 10.1. The highest BCUT2D eigenvalue weighted by atomic mass is 35.5. The summed E-state index contributed by atoms with van der Waals surface area (Å²) in [6.07, 6.45) is -0.135. The highest BCUT2D eigenvalue weighted by molar-refractivity contribution is 6.33. The van der Waals surface area contributed by atoms with Crippen LogP contribution in [0.4, 0.5) is 5.69 Å². The van der Waals surface area contributed by atoms with E-state index in [1.807, 2.05) is 31.2 Å². The summed E-state index contributed by atoms with van der Waals surface area (Å²) in [4.78, 5) is 15.2. The van der Waals surface area contributed by atoms with Gasteiger partial charge < -0.3 is 20.5 Å². The van der Waals surface area contributed by atoms with E-state index in [1.54, 1.807) is 6.07 Å². The summed E-state index contributed by atoms with van der Waals surface area (Å²) in [5, 5.41) is 3.99. The Morgan fingerprint density at radius 2 is 2.00 bits per heavy atom. The van der Waals surface area contributed by atoms with Crippen LogP contribution in [-0.4, -0.2) is 48.8 Å². The zero-order valence-corrected chi connectivity index (χ0v) is 19.6. The number of nitrogens with one attached hydrogen (secondary N) is 1. The zero-order valence-electron chi connectivity index (χ0n) is 18.1. The number of carbonyl (C=O) groups is 1. The maximum absolute atomic E-state index is 12.8. The van der Waals surface area contributed by atoms with Crippen molar-refractivity contribution in [3.63, 3.8) is 0 Å². The molecular formula is C23H29Cl2N3O3. The van der Waals surface area contributed by atoms with Gasteiger partial charge >= 0.3 is 0 Å². The molecule has 0 saturated carbocycles. The van der Waals surface area contributed by atoms with E-state index < -0.39 is 0 Å². The molecule has 0 aromatic heterocycles. The van der Waals surface area contributed by atoms with Crippen LogP contribution in [0.5, 0.6) is 5.75 Å². The number of hydrogen-bond donors (Lipinski definition) is 2. The van der Waals surface area contributed by atoms with Gasteiger partial charge in [-0.05, 0) is 44.5 Å². The molecule has 1 heterocycles. The Hall–Kier alpha value is -1.99. The van der Waals surface area contributed by atoms with Crippen LogP contribution in [0.15, 0.2) is 36.4 Å². The molecular weight excluding hydrogens is 437 g/mol. The van der Waals surface area contributed by atoms with E-state index in [4.69, 9.17) is 38.4 Å². The molecule has 2 aromatic carbocycles. The van der Waals surface area contributed by atoms with Crippen LogP contribution in [0.2, 0.25) is 10.0 Å². The number of nitrogens with two attached hydrogens (primary N) is 1. The van der Waals surface area contributed by atoms with Crippen molar-refractivity contribution in [2.75, 3.05) is 32.0 Å². The van der Waals surface area contributed by atoms with E-state index in [0.29, 0.717) is 48.3 Å². The van der Waals surface area contributed by atoms with E-state index in [-0.39, 0.29) is 17.6 Å². The SMILES string of the molecule is CCOc1cc(N)c(Cl)cc1C(=O)NCC1CN(Cc2ccc(Cl)cc2)C(C)(C)CO1. The molecule has 1 saturated heterocycles. The molecule has 31 heavy (non-hydrogen) atoms. The fraction of sp³-hybridized carbons (Fsp3) is 0.435. The number of ether oxygens (including phenoxy) is 2. The third-order valence-corrected chi connectivity index (χ3v) is 5.95. The molecule has 1 aliphatic heterocycles. The average molecular weight is 466 g/mol. The Kier molecular flexibility index (Phi) is 7.70. The molecule has 0 radical (unpaired) electrons. The number of nitrogen functional groups attached to an aromatic ring is 1. The molecule has 8 heteroatoms. The summed E-state index contributed by atoms with van der Waals surface area (Å²) in [7, 11) is 0. The molecule has 6 nitrogen and oxygen atoms in total. The standard InChI is InChI=1S/C23H29Cl2N3O3/c1-4-30-21-10-20(26)19(25)9-18(21)22(29)27-11-17-13-28(23(2,3)14-31-17)12-15-5-7-16(24)8-6-15/h5-10,17H,4,11-14,26H2,1-3H3,(H,27,29). The minimum absolute atomic E-state index is 0.118. The van der Waals surface area contributed by atoms with Gasteiger partial charge in [-0.1, -0.05) is 35.3 Å². The quantitative estimate of drug-likeness (QED) is 0.593. The second-order valence-electron chi connectivity index (χ2n) is 8.27. The minimum Gasteiger partial charge on any atom is -0.493 e. The minimum atomic E-state index is -0.275. The van der Waals surface area contributed by atoms with Gasteiger partial charge in [-0.15, -0.1) is 0 Å². The Labute approximate surface area is 193 Å². The van der Waals surface area contributed by atoms with Gasteiger partial charge in [0, 0.05) is 36.3 Å². The van der Waals surface area contributed by atoms with Gasteiger partial charge in [0.15, 0.2) is 0 Å². The number of amides is 1. The molecule has 1 atom stereocenters. The lowest BCUT2D eigenvalue weighted by molar-refractivity contribution is -0.0998. The van der Waals surface area contributed by atoms with E-state index in [0.717, 1.165) is 11.6 Å². The van der Waals surface area contributed by atoms with Crippen molar-refractivity contribution in [3.05, 3.63) is 57.6 Å². The second-order valence-corrected chi connectivity index (χ2v) is 9.11. The van der Waals surface area contributed by atoms with Gasteiger partial charge in [-0.25, -0.2) is 0 Å². The smallest absolute Gasteiger partial charge is 0.255 e. The lowest BCUT2D eigenvalue weighted by Gasteiger charge is -2.45. The summed E-state index contributed by atoms with van der Waals surface area (Å²) in [5.41, 5.74) is 7.64. The molecule has 0 bridgehead atoms. The van der Waals surface area contributed by atoms with Crippen LogP contribution in [0, 0.1) is 0 Å². The van der Waals surface area contributed by atoms with Crippen LogP contribution in [0.3, 0.4) is 0 Å². The summed E-state index contributed by atoms with van der Waals surface area (Å²) < 4.78 is 11.6. The number of nitrogens with zero attached hydrogens (tertiary/aromatic N) is 1. The van der Waals surface area contributed by atoms with E-state index in [2.05, 4.69) is 24.1 Å². The number of halogens is 2. The van der Waals surface area contributed by atoms with Crippen molar-refractivity contribution < 1.29 is 14.3 Å². The number of rotatable bonds is 7. The number of benzene rings is 2. The topological polar surface area (TPSA) is 76.8 Å². The monoisotopic (exact) mass is 465 g/mol. The first-order valence-electron chi connectivity index (χ1n) is 10.3. The molecule has 1 aliphatic rings. The number of morpholine rings is 1. The van der Waals surface area contributed by atoms with Crippen molar-refractivity contribution in [3.8, 4) is 5.75 Å². The third kappa shape index (κ3) is 6.04. The fourth-order valence-electron chi connectivity index (χ4n) is 3.49. The van der Waals surface area contributed by atoms with E-state index >= 15 is 0 Å². The van der Waals surface area contributed by atoms with Crippen molar-refractivity contribution in [2.24, 2.45) is 0 Å². The highest BCUT2D eigenvalue weighted by Crippen LogP contribution is 2.29. The molecule has 3 N–H and O–H groups in total. The summed E-state index contributed by atoms with van der Waals surface area (Å²) in [6, 6.07) is 11.0. The molecule has 0 aliphatic carbocycles. The molecule has 0 spiro atoms. The summed E-state index contributed by atoms with van der Waals surface area (Å²) >= 11 is 12.1. The molecule has 3 rings (SSSR count). The van der Waals surface area contributed by atoms with Crippen LogP contribution in [0.1, 0.15) is 36.7 Å². The lowest BCUT2D eigenvalue weighted by atomic mass is 9.99. The fourth-order valence-corrected chi connectivity index (χ4v) is 3.78. The Balaban J connectivity index is 1.64. The highest BCUT2D eigenvalue weighted by Gasteiger charge is 2.35. The van der Waals surface area contributed by atoms with Crippen LogP contribution >= 0.6 is 23.2 Å². The third-order valence-electron chi connectivity index (χ3n) is 5.37. The van der Waals surface area contributed by atoms with Crippen molar-refractivity contribution in [2.45, 2.75) is 39.0 Å². The van der Waals surface area contributed by atoms with Gasteiger partial charge in [-0.3, -0.25) is 9.69 Å².